The molecular formula is C23H27N3O5. The number of amides is 2. The lowest BCUT2D eigenvalue weighted by molar-refractivity contribution is 0.0788. The molecule has 1 aliphatic heterocycles. The second kappa shape index (κ2) is 9.24. The minimum atomic E-state index is -0.574. The van der Waals surface area contributed by atoms with Gasteiger partial charge in [-0.15, -0.1) is 0 Å². The number of nitrogens with zero attached hydrogens (tertiary/aromatic N) is 1. The third-order valence-corrected chi connectivity index (χ3v) is 5.82. The Labute approximate surface area is 180 Å². The van der Waals surface area contributed by atoms with Gasteiger partial charge in [-0.05, 0) is 25.0 Å². The van der Waals surface area contributed by atoms with E-state index in [0.29, 0.717) is 18.1 Å². The van der Waals surface area contributed by atoms with Crippen LogP contribution in [0.15, 0.2) is 41.5 Å². The summed E-state index contributed by atoms with van der Waals surface area (Å²) in [7, 11) is 1.47. The average Bonchev–Trinajstić information content (AvgIpc) is 2.82. The minimum Gasteiger partial charge on any atom is -0.486 e. The van der Waals surface area contributed by atoms with E-state index in [9.17, 15) is 14.4 Å². The van der Waals surface area contributed by atoms with Crippen LogP contribution in [0.4, 0.5) is 0 Å². The van der Waals surface area contributed by atoms with E-state index in [0.717, 1.165) is 25.7 Å². The predicted molar refractivity (Wildman–Crippen MR) is 115 cm³/mol. The summed E-state index contributed by atoms with van der Waals surface area (Å²) in [5.74, 6) is 0.264. The van der Waals surface area contributed by atoms with Crippen LogP contribution in [-0.2, 0) is 0 Å². The highest BCUT2D eigenvalue weighted by Gasteiger charge is 2.25. The molecule has 0 spiro atoms. The molecule has 0 bridgehead atoms. The van der Waals surface area contributed by atoms with Gasteiger partial charge in [-0.3, -0.25) is 14.4 Å². The standard InChI is InChI=1S/C23H27N3O5/c1-24-22(28)17-12-26(15-7-3-2-4-8-15)13-18(21(17)27)23(29)25-11-16-14-30-19-9-5-6-10-20(19)31-16/h5-6,9-10,12-13,15-16H,2-4,7-8,11,14H2,1H3,(H,24,28)(H,25,29)/t16-/m0/s1. The number of aromatic nitrogens is 1. The van der Waals surface area contributed by atoms with Crippen LogP contribution in [0.25, 0.3) is 0 Å². The lowest BCUT2D eigenvalue weighted by Gasteiger charge is -2.27. The van der Waals surface area contributed by atoms with Crippen molar-refractivity contribution in [3.63, 3.8) is 0 Å². The zero-order valence-electron chi connectivity index (χ0n) is 17.6. The highest BCUT2D eigenvalue weighted by atomic mass is 16.6. The Bertz CT molecular complexity index is 1030. The first-order chi connectivity index (χ1) is 15.1. The summed E-state index contributed by atoms with van der Waals surface area (Å²) in [6, 6.07) is 7.51. The molecule has 31 heavy (non-hydrogen) atoms. The fourth-order valence-electron chi connectivity index (χ4n) is 4.11. The Balaban J connectivity index is 1.52. The maximum absolute atomic E-state index is 12.9. The molecule has 1 aliphatic carbocycles. The zero-order chi connectivity index (χ0) is 21.8. The monoisotopic (exact) mass is 425 g/mol. The molecule has 2 heterocycles. The summed E-state index contributed by atoms with van der Waals surface area (Å²) < 4.78 is 13.4. The average molecular weight is 425 g/mol. The van der Waals surface area contributed by atoms with Gasteiger partial charge in [0.1, 0.15) is 23.8 Å². The maximum Gasteiger partial charge on any atom is 0.256 e. The third-order valence-electron chi connectivity index (χ3n) is 5.82. The van der Waals surface area contributed by atoms with Crippen LogP contribution in [0.2, 0.25) is 0 Å². The molecule has 2 amide bonds. The molecule has 2 aromatic rings. The number of carbonyl (C=O) groups excluding carboxylic acids is 2. The fourth-order valence-corrected chi connectivity index (χ4v) is 4.11. The number of hydrogen-bond donors (Lipinski definition) is 2. The summed E-state index contributed by atoms with van der Waals surface area (Å²) in [6.45, 7) is 0.474. The van der Waals surface area contributed by atoms with Gasteiger partial charge in [-0.25, -0.2) is 0 Å². The Morgan fingerprint density at radius 3 is 2.42 bits per heavy atom. The number of carbonyl (C=O) groups is 2. The van der Waals surface area contributed by atoms with Crippen LogP contribution in [0.3, 0.4) is 0 Å². The van der Waals surface area contributed by atoms with Crippen molar-refractivity contribution < 1.29 is 19.1 Å². The lowest BCUT2D eigenvalue weighted by atomic mass is 9.95. The number of hydrogen-bond acceptors (Lipinski definition) is 5. The van der Waals surface area contributed by atoms with Gasteiger partial charge in [0.15, 0.2) is 11.5 Å². The van der Waals surface area contributed by atoms with Crippen molar-refractivity contribution in [2.75, 3.05) is 20.2 Å². The second-order valence-electron chi connectivity index (χ2n) is 7.94. The van der Waals surface area contributed by atoms with Gasteiger partial charge in [-0.1, -0.05) is 31.4 Å². The van der Waals surface area contributed by atoms with E-state index in [1.165, 1.54) is 13.5 Å². The predicted octanol–water partition coefficient (Wildman–Crippen LogP) is 2.28. The molecule has 1 atom stereocenters. The van der Waals surface area contributed by atoms with Crippen LogP contribution in [0.5, 0.6) is 11.5 Å². The summed E-state index contributed by atoms with van der Waals surface area (Å²) in [4.78, 5) is 38.0. The maximum atomic E-state index is 12.9. The van der Waals surface area contributed by atoms with E-state index >= 15 is 0 Å². The number of ether oxygens (including phenoxy) is 2. The molecule has 1 aromatic heterocycles. The van der Waals surface area contributed by atoms with Crippen molar-refractivity contribution in [3.8, 4) is 11.5 Å². The van der Waals surface area contributed by atoms with Gasteiger partial charge >= 0.3 is 0 Å². The first-order valence-corrected chi connectivity index (χ1v) is 10.7. The first kappa shape index (κ1) is 21.0. The highest BCUT2D eigenvalue weighted by molar-refractivity contribution is 5.99. The number of nitrogens with one attached hydrogen (secondary N) is 2. The van der Waals surface area contributed by atoms with E-state index in [4.69, 9.17) is 9.47 Å². The lowest BCUT2D eigenvalue weighted by Crippen LogP contribution is -2.42. The van der Waals surface area contributed by atoms with E-state index in [-0.39, 0.29) is 29.8 Å². The quantitative estimate of drug-likeness (QED) is 0.766. The molecule has 164 valence electrons. The molecule has 2 aliphatic rings. The van der Waals surface area contributed by atoms with Crippen LogP contribution in [0.1, 0.15) is 58.9 Å². The van der Waals surface area contributed by atoms with Crippen molar-refractivity contribution in [2.45, 2.75) is 44.2 Å². The van der Waals surface area contributed by atoms with Crippen LogP contribution >= 0.6 is 0 Å². The minimum absolute atomic E-state index is 0.0214. The molecule has 0 radical (unpaired) electrons. The SMILES string of the molecule is CNC(=O)c1cn(C2CCCCC2)cc(C(=O)NC[C@H]2COc3ccccc3O2)c1=O. The van der Waals surface area contributed by atoms with Crippen molar-refractivity contribution in [1.82, 2.24) is 15.2 Å². The van der Waals surface area contributed by atoms with Gasteiger partial charge in [0.05, 0.1) is 6.54 Å². The molecular weight excluding hydrogens is 398 g/mol. The van der Waals surface area contributed by atoms with E-state index in [1.54, 1.807) is 18.5 Å². The van der Waals surface area contributed by atoms with E-state index in [1.807, 2.05) is 22.8 Å². The molecule has 0 saturated heterocycles. The van der Waals surface area contributed by atoms with Crippen molar-refractivity contribution >= 4 is 11.8 Å². The first-order valence-electron chi connectivity index (χ1n) is 10.7. The van der Waals surface area contributed by atoms with Gasteiger partial charge in [0.2, 0.25) is 5.43 Å². The van der Waals surface area contributed by atoms with Gasteiger partial charge in [-0.2, -0.15) is 0 Å². The number of para-hydroxylation sites is 2. The topological polar surface area (TPSA) is 98.7 Å². The Kier molecular flexibility index (Phi) is 6.25. The van der Waals surface area contributed by atoms with Crippen LogP contribution in [0, 0.1) is 0 Å². The smallest absolute Gasteiger partial charge is 0.256 e. The molecule has 8 heteroatoms. The molecule has 1 fully saturated rings. The van der Waals surface area contributed by atoms with E-state index < -0.39 is 17.2 Å². The van der Waals surface area contributed by atoms with Crippen molar-refractivity contribution in [1.29, 1.82) is 0 Å². The zero-order valence-corrected chi connectivity index (χ0v) is 17.6. The Morgan fingerprint density at radius 1 is 1.03 bits per heavy atom. The van der Waals surface area contributed by atoms with Crippen LogP contribution < -0.4 is 25.5 Å². The molecule has 1 saturated carbocycles. The molecule has 0 unspecified atom stereocenters. The fraction of sp³-hybridized carbons (Fsp3) is 0.435. The molecule has 1 aromatic carbocycles. The summed E-state index contributed by atoms with van der Waals surface area (Å²) >= 11 is 0. The van der Waals surface area contributed by atoms with Crippen molar-refractivity contribution in [2.24, 2.45) is 0 Å². The van der Waals surface area contributed by atoms with Crippen LogP contribution in [-0.4, -0.2) is 42.7 Å². The van der Waals surface area contributed by atoms with Gasteiger partial charge in [0.25, 0.3) is 11.8 Å². The number of rotatable bonds is 5. The normalized spacial score (nSPS) is 18.3. The van der Waals surface area contributed by atoms with Crippen molar-refractivity contribution in [3.05, 3.63) is 58.0 Å². The molecule has 2 N–H and O–H groups in total. The summed E-state index contributed by atoms with van der Waals surface area (Å²) in [5.41, 5.74) is -0.634. The number of fused-ring (bicyclic) bond motifs is 1. The third kappa shape index (κ3) is 4.57. The van der Waals surface area contributed by atoms with Gasteiger partial charge < -0.3 is 24.7 Å². The Hall–Kier alpha value is -3.29. The molecule has 4 rings (SSSR count). The van der Waals surface area contributed by atoms with E-state index in [2.05, 4.69) is 10.6 Å². The summed E-state index contributed by atoms with van der Waals surface area (Å²) in [5, 5.41) is 5.26. The number of pyridine rings is 1. The Morgan fingerprint density at radius 2 is 1.71 bits per heavy atom. The molecule has 8 nitrogen and oxygen atoms in total. The van der Waals surface area contributed by atoms with Gasteiger partial charge in [0, 0.05) is 25.5 Å². The highest BCUT2D eigenvalue weighted by Crippen LogP contribution is 2.31. The second-order valence-corrected chi connectivity index (χ2v) is 7.94. The summed E-state index contributed by atoms with van der Waals surface area (Å²) in [6.07, 6.45) is 8.06. The largest absolute Gasteiger partial charge is 0.486 e. The number of benzene rings is 1.